The number of nitrogens with one attached hydrogen (secondary N) is 1. The summed E-state index contributed by atoms with van der Waals surface area (Å²) >= 11 is 0. The first-order valence-corrected chi connectivity index (χ1v) is 13.2. The number of halogens is 3. The zero-order chi connectivity index (χ0) is 26.4. The van der Waals surface area contributed by atoms with E-state index in [0.29, 0.717) is 31.4 Å². The lowest BCUT2D eigenvalue weighted by molar-refractivity contribution is -0.141. The third-order valence-corrected chi connectivity index (χ3v) is 7.37. The molecule has 202 valence electrons. The van der Waals surface area contributed by atoms with Crippen molar-refractivity contribution in [3.8, 4) is 0 Å². The lowest BCUT2D eigenvalue weighted by Gasteiger charge is -2.44. The highest BCUT2D eigenvalue weighted by Gasteiger charge is 2.35. The minimum absolute atomic E-state index is 0.0779. The number of benzene rings is 1. The minimum atomic E-state index is -4.51. The molecule has 2 amide bonds. The van der Waals surface area contributed by atoms with Crippen molar-refractivity contribution in [1.82, 2.24) is 25.1 Å². The van der Waals surface area contributed by atoms with Gasteiger partial charge < -0.3 is 15.1 Å². The molecule has 0 saturated carbocycles. The first kappa shape index (κ1) is 27.2. The number of aromatic nitrogens is 2. The van der Waals surface area contributed by atoms with Crippen LogP contribution in [0.5, 0.6) is 0 Å². The van der Waals surface area contributed by atoms with Gasteiger partial charge in [-0.15, -0.1) is 0 Å². The Morgan fingerprint density at radius 2 is 1.65 bits per heavy atom. The second-order valence-corrected chi connectivity index (χ2v) is 10.4. The van der Waals surface area contributed by atoms with Gasteiger partial charge in [0.05, 0.1) is 12.4 Å². The number of hydrogen-bond donors (Lipinski definition) is 1. The van der Waals surface area contributed by atoms with E-state index in [0.717, 1.165) is 57.7 Å². The van der Waals surface area contributed by atoms with Crippen LogP contribution in [0.3, 0.4) is 0 Å². The Bertz CT molecular complexity index is 981. The first-order chi connectivity index (χ1) is 17.7. The number of hydrogen-bond acceptors (Lipinski definition) is 5. The first-order valence-electron chi connectivity index (χ1n) is 13.2. The summed E-state index contributed by atoms with van der Waals surface area (Å²) in [7, 11) is 0. The second-order valence-electron chi connectivity index (χ2n) is 10.4. The van der Waals surface area contributed by atoms with Gasteiger partial charge in [-0.1, -0.05) is 30.3 Å². The maximum Gasteiger partial charge on any atom is 0.434 e. The molecule has 2 saturated heterocycles. The standard InChI is InChI=1S/C27H37F3N6O/c1-20-17-35(25-16-31-24(15-32-25)27(28,29)30)18-21(2)36(20)26(37)33-14-22-10-6-12-34(13-7-11-22)19-23-8-4-3-5-9-23/h3-5,8-9,15-16,20-22H,6-7,10-14,17-19H2,1-2H3,(H,33,37)/t20-,21-/m1/s1. The number of likely N-dealkylation sites (tertiary alicyclic amines) is 1. The fraction of sp³-hybridized carbons (Fsp3) is 0.593. The number of nitrogens with zero attached hydrogens (tertiary/aromatic N) is 5. The summed E-state index contributed by atoms with van der Waals surface area (Å²) in [6, 6.07) is 10.3. The smallest absolute Gasteiger partial charge is 0.351 e. The van der Waals surface area contributed by atoms with E-state index in [9.17, 15) is 18.0 Å². The lowest BCUT2D eigenvalue weighted by Crippen LogP contribution is -2.61. The number of urea groups is 1. The molecule has 3 heterocycles. The van der Waals surface area contributed by atoms with Gasteiger partial charge in [-0.05, 0) is 64.1 Å². The average molecular weight is 519 g/mol. The van der Waals surface area contributed by atoms with Gasteiger partial charge in [-0.25, -0.2) is 14.8 Å². The van der Waals surface area contributed by atoms with Crippen molar-refractivity contribution >= 4 is 11.8 Å². The van der Waals surface area contributed by atoms with Crippen LogP contribution in [0.4, 0.5) is 23.8 Å². The third kappa shape index (κ3) is 7.34. The molecule has 10 heteroatoms. The molecule has 2 aliphatic rings. The Morgan fingerprint density at radius 3 is 2.22 bits per heavy atom. The molecule has 1 aromatic carbocycles. The normalized spacial score (nSPS) is 22.4. The fourth-order valence-corrected chi connectivity index (χ4v) is 5.53. The Kier molecular flexibility index (Phi) is 8.89. The van der Waals surface area contributed by atoms with Gasteiger partial charge in [0.25, 0.3) is 0 Å². The van der Waals surface area contributed by atoms with Crippen molar-refractivity contribution in [2.24, 2.45) is 5.92 Å². The molecule has 0 spiro atoms. The van der Waals surface area contributed by atoms with Gasteiger partial charge in [0.1, 0.15) is 5.82 Å². The fourth-order valence-electron chi connectivity index (χ4n) is 5.53. The highest BCUT2D eigenvalue weighted by molar-refractivity contribution is 5.75. The predicted molar refractivity (Wildman–Crippen MR) is 137 cm³/mol. The van der Waals surface area contributed by atoms with E-state index >= 15 is 0 Å². The Balaban J connectivity index is 1.23. The molecule has 2 atom stereocenters. The van der Waals surface area contributed by atoms with Crippen LogP contribution in [0, 0.1) is 5.92 Å². The van der Waals surface area contributed by atoms with Gasteiger partial charge in [-0.3, -0.25) is 4.90 Å². The summed E-state index contributed by atoms with van der Waals surface area (Å²) in [5, 5.41) is 3.16. The highest BCUT2D eigenvalue weighted by Crippen LogP contribution is 2.28. The van der Waals surface area contributed by atoms with Crippen LogP contribution in [0.2, 0.25) is 0 Å². The molecule has 2 aromatic rings. The molecule has 4 rings (SSSR count). The lowest BCUT2D eigenvalue weighted by atomic mass is 9.95. The third-order valence-electron chi connectivity index (χ3n) is 7.37. The number of carbonyl (C=O) groups excluding carboxylic acids is 1. The number of carbonyl (C=O) groups is 1. The molecular formula is C27H37F3N6O. The van der Waals surface area contributed by atoms with Gasteiger partial charge in [0, 0.05) is 38.3 Å². The van der Waals surface area contributed by atoms with E-state index in [2.05, 4.69) is 44.5 Å². The zero-order valence-corrected chi connectivity index (χ0v) is 21.6. The molecular weight excluding hydrogens is 481 g/mol. The predicted octanol–water partition coefficient (Wildman–Crippen LogP) is 4.80. The van der Waals surface area contributed by atoms with E-state index in [1.54, 1.807) is 0 Å². The van der Waals surface area contributed by atoms with E-state index in [1.165, 1.54) is 5.56 Å². The minimum Gasteiger partial charge on any atom is -0.351 e. The quantitative estimate of drug-likeness (QED) is 0.616. The van der Waals surface area contributed by atoms with Crippen molar-refractivity contribution in [3.05, 3.63) is 54.0 Å². The van der Waals surface area contributed by atoms with Crippen LogP contribution in [-0.4, -0.2) is 70.6 Å². The molecule has 7 nitrogen and oxygen atoms in total. The van der Waals surface area contributed by atoms with Crippen LogP contribution in [0.15, 0.2) is 42.7 Å². The highest BCUT2D eigenvalue weighted by atomic mass is 19.4. The molecule has 1 aromatic heterocycles. The van der Waals surface area contributed by atoms with Crippen LogP contribution in [0.25, 0.3) is 0 Å². The van der Waals surface area contributed by atoms with Crippen molar-refractivity contribution in [3.63, 3.8) is 0 Å². The van der Waals surface area contributed by atoms with Crippen LogP contribution in [0.1, 0.15) is 50.8 Å². The van der Waals surface area contributed by atoms with Gasteiger partial charge in [0.2, 0.25) is 0 Å². The molecule has 2 fully saturated rings. The number of anilines is 1. The van der Waals surface area contributed by atoms with Gasteiger partial charge in [0.15, 0.2) is 5.69 Å². The summed E-state index contributed by atoms with van der Waals surface area (Å²) in [6.45, 7) is 8.68. The summed E-state index contributed by atoms with van der Waals surface area (Å²) < 4.78 is 38.4. The van der Waals surface area contributed by atoms with Crippen molar-refractivity contribution in [2.75, 3.05) is 37.6 Å². The molecule has 2 aliphatic heterocycles. The SMILES string of the molecule is C[C@@H]1CN(c2cnc(C(F)(F)F)cn2)C[C@@H](C)N1C(=O)NCC1CCCN(Cc2ccccc2)CCC1. The summed E-state index contributed by atoms with van der Waals surface area (Å²) in [4.78, 5) is 26.9. The average Bonchev–Trinajstić information content (AvgIpc) is 2.84. The van der Waals surface area contributed by atoms with E-state index in [4.69, 9.17) is 0 Å². The Hall–Kier alpha value is -2.88. The maximum atomic E-state index is 13.1. The Labute approximate surface area is 217 Å². The molecule has 0 aliphatic carbocycles. The van der Waals surface area contributed by atoms with E-state index in [1.807, 2.05) is 29.7 Å². The van der Waals surface area contributed by atoms with Crippen LogP contribution < -0.4 is 10.2 Å². The number of amides is 2. The summed E-state index contributed by atoms with van der Waals surface area (Å²) in [5.41, 5.74) is 0.342. The maximum absolute atomic E-state index is 13.1. The molecule has 1 N–H and O–H groups in total. The van der Waals surface area contributed by atoms with Crippen molar-refractivity contribution in [2.45, 2.75) is 64.3 Å². The topological polar surface area (TPSA) is 64.6 Å². The monoisotopic (exact) mass is 518 g/mol. The van der Waals surface area contributed by atoms with Crippen LogP contribution in [-0.2, 0) is 12.7 Å². The summed E-state index contributed by atoms with van der Waals surface area (Å²) in [5.74, 6) is 0.861. The summed E-state index contributed by atoms with van der Waals surface area (Å²) in [6.07, 6.45) is 1.84. The number of piperazine rings is 1. The molecule has 0 radical (unpaired) electrons. The number of alkyl halides is 3. The number of rotatable bonds is 5. The van der Waals surface area contributed by atoms with Gasteiger partial charge in [-0.2, -0.15) is 13.2 Å². The van der Waals surface area contributed by atoms with Crippen molar-refractivity contribution < 1.29 is 18.0 Å². The van der Waals surface area contributed by atoms with Crippen molar-refractivity contribution in [1.29, 1.82) is 0 Å². The largest absolute Gasteiger partial charge is 0.434 e. The van der Waals surface area contributed by atoms with E-state index in [-0.39, 0.29) is 18.1 Å². The molecule has 37 heavy (non-hydrogen) atoms. The molecule has 0 bridgehead atoms. The van der Waals surface area contributed by atoms with E-state index < -0.39 is 11.9 Å². The molecule has 0 unspecified atom stereocenters. The second kappa shape index (κ2) is 12.1. The van der Waals surface area contributed by atoms with Crippen LogP contribution >= 0.6 is 0 Å². The van der Waals surface area contributed by atoms with Gasteiger partial charge >= 0.3 is 12.2 Å². The zero-order valence-electron chi connectivity index (χ0n) is 21.6. The Morgan fingerprint density at radius 1 is 1.00 bits per heavy atom.